The van der Waals surface area contributed by atoms with Gasteiger partial charge in [0.25, 0.3) is 0 Å². The van der Waals surface area contributed by atoms with Crippen LogP contribution in [0.3, 0.4) is 0 Å². The fraction of sp³-hybridized carbons (Fsp3) is 0. The number of phenols is 1. The third-order valence-electron chi connectivity index (χ3n) is 2.02. The first-order valence-electron chi connectivity index (χ1n) is 4.67. The van der Waals surface area contributed by atoms with Crippen molar-refractivity contribution in [3.63, 3.8) is 0 Å². The van der Waals surface area contributed by atoms with Gasteiger partial charge in [-0.15, -0.1) is 0 Å². The molecule has 0 saturated heterocycles. The van der Waals surface area contributed by atoms with E-state index in [-0.39, 0.29) is 5.75 Å². The van der Waals surface area contributed by atoms with Crippen molar-refractivity contribution >= 4 is 17.3 Å². The van der Waals surface area contributed by atoms with Crippen LogP contribution >= 0.6 is 11.6 Å². The molecule has 0 heterocycles. The normalized spacial score (nSPS) is 10.1. The van der Waals surface area contributed by atoms with Crippen LogP contribution in [0.2, 0.25) is 5.02 Å². The zero-order valence-electron chi connectivity index (χ0n) is 8.35. The molecule has 82 valence electrons. The minimum absolute atomic E-state index is 0.106. The number of nitrogens with two attached hydrogens (primary N) is 1. The number of nitrogen functional groups attached to an aromatic ring is 1. The van der Waals surface area contributed by atoms with Gasteiger partial charge in [-0.25, -0.2) is 0 Å². The number of phenolic OH excluding ortho intramolecular Hbond substituents is 1. The first-order chi connectivity index (χ1) is 7.65. The van der Waals surface area contributed by atoms with Crippen molar-refractivity contribution in [2.45, 2.75) is 0 Å². The summed E-state index contributed by atoms with van der Waals surface area (Å²) in [5.74, 6) is 1.24. The molecule has 0 aliphatic carbocycles. The lowest BCUT2D eigenvalue weighted by atomic mass is 10.3. The second-order valence-electron chi connectivity index (χ2n) is 3.29. The molecule has 2 aromatic rings. The van der Waals surface area contributed by atoms with Crippen LogP contribution in [0.4, 0.5) is 5.69 Å². The lowest BCUT2D eigenvalue weighted by molar-refractivity contribution is 0.464. The molecule has 3 N–H and O–H groups in total. The Hall–Kier alpha value is -1.87. The summed E-state index contributed by atoms with van der Waals surface area (Å²) in [4.78, 5) is 0. The van der Waals surface area contributed by atoms with Crippen LogP contribution in [0, 0.1) is 0 Å². The molecule has 0 saturated carbocycles. The predicted molar refractivity (Wildman–Crippen MR) is 64.0 cm³/mol. The summed E-state index contributed by atoms with van der Waals surface area (Å²) in [5, 5.41) is 9.54. The minimum Gasteiger partial charge on any atom is -0.508 e. The highest BCUT2D eigenvalue weighted by molar-refractivity contribution is 6.32. The monoisotopic (exact) mass is 235 g/mol. The highest BCUT2D eigenvalue weighted by atomic mass is 35.5. The van der Waals surface area contributed by atoms with E-state index < -0.39 is 0 Å². The van der Waals surface area contributed by atoms with Gasteiger partial charge in [-0.2, -0.15) is 0 Å². The zero-order chi connectivity index (χ0) is 11.5. The molecule has 4 heteroatoms. The molecule has 0 bridgehead atoms. The minimum atomic E-state index is 0.106. The van der Waals surface area contributed by atoms with Gasteiger partial charge in [-0.1, -0.05) is 11.6 Å². The van der Waals surface area contributed by atoms with Crippen molar-refractivity contribution in [3.05, 3.63) is 47.5 Å². The van der Waals surface area contributed by atoms with Crippen molar-refractivity contribution < 1.29 is 9.84 Å². The Labute approximate surface area is 98.0 Å². The maximum absolute atomic E-state index is 9.18. The van der Waals surface area contributed by atoms with E-state index in [0.29, 0.717) is 22.2 Å². The standard InChI is InChI=1S/C12H10ClNO2/c13-11-7-9(15)3-6-12(11)16-10-4-1-8(14)2-5-10/h1-7,15H,14H2. The highest BCUT2D eigenvalue weighted by Crippen LogP contribution is 2.32. The van der Waals surface area contributed by atoms with E-state index in [4.69, 9.17) is 22.1 Å². The van der Waals surface area contributed by atoms with E-state index in [1.807, 2.05) is 0 Å². The number of halogens is 1. The van der Waals surface area contributed by atoms with E-state index in [9.17, 15) is 5.11 Å². The van der Waals surface area contributed by atoms with Crippen LogP contribution in [0.5, 0.6) is 17.2 Å². The summed E-state index contributed by atoms with van der Waals surface area (Å²) in [7, 11) is 0. The van der Waals surface area contributed by atoms with Gasteiger partial charge in [0.05, 0.1) is 5.02 Å². The van der Waals surface area contributed by atoms with Crippen molar-refractivity contribution in [1.29, 1.82) is 0 Å². The quantitative estimate of drug-likeness (QED) is 0.785. The van der Waals surface area contributed by atoms with E-state index >= 15 is 0 Å². The number of benzene rings is 2. The topological polar surface area (TPSA) is 55.5 Å². The molecule has 16 heavy (non-hydrogen) atoms. The number of hydrogen-bond donors (Lipinski definition) is 2. The molecule has 0 aromatic heterocycles. The van der Waals surface area contributed by atoms with Gasteiger partial charge in [-0.05, 0) is 36.4 Å². The number of anilines is 1. The summed E-state index contributed by atoms with van der Waals surface area (Å²) in [6.45, 7) is 0. The molecule has 0 amide bonds. The van der Waals surface area contributed by atoms with Crippen LogP contribution in [-0.4, -0.2) is 5.11 Å². The van der Waals surface area contributed by atoms with E-state index in [2.05, 4.69) is 0 Å². The number of rotatable bonds is 2. The maximum Gasteiger partial charge on any atom is 0.146 e. The summed E-state index contributed by atoms with van der Waals surface area (Å²) in [5.41, 5.74) is 6.23. The number of aromatic hydroxyl groups is 1. The molecule has 0 unspecified atom stereocenters. The van der Waals surface area contributed by atoms with Crippen LogP contribution in [-0.2, 0) is 0 Å². The van der Waals surface area contributed by atoms with Gasteiger partial charge >= 0.3 is 0 Å². The van der Waals surface area contributed by atoms with E-state index in [0.717, 1.165) is 0 Å². The second kappa shape index (κ2) is 4.33. The lowest BCUT2D eigenvalue weighted by Gasteiger charge is -2.07. The highest BCUT2D eigenvalue weighted by Gasteiger charge is 2.03. The molecule has 2 aromatic carbocycles. The predicted octanol–water partition coefficient (Wildman–Crippen LogP) is 3.42. The Morgan fingerprint density at radius 3 is 2.38 bits per heavy atom. The Balaban J connectivity index is 2.23. The fourth-order valence-corrected chi connectivity index (χ4v) is 1.45. The Morgan fingerprint density at radius 1 is 1.06 bits per heavy atom. The number of hydrogen-bond acceptors (Lipinski definition) is 3. The molecular weight excluding hydrogens is 226 g/mol. The van der Waals surface area contributed by atoms with Gasteiger partial charge in [0.2, 0.25) is 0 Å². The first-order valence-corrected chi connectivity index (χ1v) is 5.05. The number of ether oxygens (including phenoxy) is 1. The molecule has 0 spiro atoms. The molecular formula is C12H10ClNO2. The molecule has 0 aliphatic rings. The Kier molecular flexibility index (Phi) is 2.88. The molecule has 0 radical (unpaired) electrons. The molecule has 0 atom stereocenters. The maximum atomic E-state index is 9.18. The third kappa shape index (κ3) is 2.38. The van der Waals surface area contributed by atoms with Crippen LogP contribution < -0.4 is 10.5 Å². The molecule has 2 rings (SSSR count). The summed E-state index contributed by atoms with van der Waals surface area (Å²) in [6, 6.07) is 11.5. The average Bonchev–Trinajstić information content (AvgIpc) is 2.25. The van der Waals surface area contributed by atoms with Crippen molar-refractivity contribution in [1.82, 2.24) is 0 Å². The van der Waals surface area contributed by atoms with E-state index in [1.165, 1.54) is 12.1 Å². The van der Waals surface area contributed by atoms with Gasteiger partial charge in [0.1, 0.15) is 17.2 Å². The fourth-order valence-electron chi connectivity index (χ4n) is 1.24. The third-order valence-corrected chi connectivity index (χ3v) is 2.32. The van der Waals surface area contributed by atoms with Crippen LogP contribution in [0.25, 0.3) is 0 Å². The second-order valence-corrected chi connectivity index (χ2v) is 3.69. The van der Waals surface area contributed by atoms with Crippen molar-refractivity contribution in [3.8, 4) is 17.2 Å². The van der Waals surface area contributed by atoms with Gasteiger partial charge in [0.15, 0.2) is 0 Å². The SMILES string of the molecule is Nc1ccc(Oc2ccc(O)cc2Cl)cc1. The summed E-state index contributed by atoms with van der Waals surface area (Å²) >= 11 is 5.90. The van der Waals surface area contributed by atoms with Gasteiger partial charge < -0.3 is 15.6 Å². The smallest absolute Gasteiger partial charge is 0.146 e. The summed E-state index contributed by atoms with van der Waals surface area (Å²) < 4.78 is 5.52. The van der Waals surface area contributed by atoms with Crippen molar-refractivity contribution in [2.24, 2.45) is 0 Å². The molecule has 0 fully saturated rings. The van der Waals surface area contributed by atoms with Crippen LogP contribution in [0.15, 0.2) is 42.5 Å². The molecule has 0 aliphatic heterocycles. The van der Waals surface area contributed by atoms with Crippen molar-refractivity contribution in [2.75, 3.05) is 5.73 Å². The lowest BCUT2D eigenvalue weighted by Crippen LogP contribution is -1.87. The van der Waals surface area contributed by atoms with Gasteiger partial charge in [-0.3, -0.25) is 0 Å². The first kappa shape index (κ1) is 10.6. The molecule has 3 nitrogen and oxygen atoms in total. The largest absolute Gasteiger partial charge is 0.508 e. The van der Waals surface area contributed by atoms with Crippen LogP contribution in [0.1, 0.15) is 0 Å². The zero-order valence-corrected chi connectivity index (χ0v) is 9.11. The Bertz CT molecular complexity index is 497. The Morgan fingerprint density at radius 2 is 1.75 bits per heavy atom. The van der Waals surface area contributed by atoms with Gasteiger partial charge in [0, 0.05) is 11.8 Å². The summed E-state index contributed by atoms with van der Waals surface area (Å²) in [6.07, 6.45) is 0. The average molecular weight is 236 g/mol. The van der Waals surface area contributed by atoms with E-state index in [1.54, 1.807) is 30.3 Å².